The molecule has 4 nitrogen and oxygen atoms in total. The molecule has 0 unspecified atom stereocenters. The number of aromatic nitrogens is 2. The van der Waals surface area contributed by atoms with Gasteiger partial charge in [0.2, 0.25) is 0 Å². The summed E-state index contributed by atoms with van der Waals surface area (Å²) >= 11 is 5.71. The minimum atomic E-state index is -0.959. The van der Waals surface area contributed by atoms with Crippen LogP contribution in [0.5, 0.6) is 0 Å². The molecule has 2 rings (SSSR count). The van der Waals surface area contributed by atoms with Crippen LogP contribution < -0.4 is 0 Å². The van der Waals surface area contributed by atoms with Crippen molar-refractivity contribution in [3.8, 4) is 0 Å². The molecule has 0 bridgehead atoms. The topological polar surface area (TPSA) is 55.1 Å². The molecule has 0 amide bonds. The van der Waals surface area contributed by atoms with E-state index in [1.165, 1.54) is 6.20 Å². The molecule has 0 fully saturated rings. The molecule has 72 valence electrons. The molecule has 0 spiro atoms. The van der Waals surface area contributed by atoms with E-state index in [9.17, 15) is 4.79 Å². The molecule has 14 heavy (non-hydrogen) atoms. The van der Waals surface area contributed by atoms with Crippen LogP contribution in [-0.4, -0.2) is 20.6 Å². The van der Waals surface area contributed by atoms with E-state index in [1.54, 1.807) is 23.9 Å². The van der Waals surface area contributed by atoms with Gasteiger partial charge < -0.3 is 9.67 Å². The highest BCUT2D eigenvalue weighted by molar-refractivity contribution is 6.30. The van der Waals surface area contributed by atoms with Crippen LogP contribution in [0.4, 0.5) is 0 Å². The van der Waals surface area contributed by atoms with Gasteiger partial charge in [0.1, 0.15) is 5.15 Å². The number of hydrogen-bond acceptors (Lipinski definition) is 2. The van der Waals surface area contributed by atoms with Crippen LogP contribution in [0.3, 0.4) is 0 Å². The van der Waals surface area contributed by atoms with Gasteiger partial charge in [-0.1, -0.05) is 11.6 Å². The van der Waals surface area contributed by atoms with Crippen LogP contribution in [0.15, 0.2) is 18.5 Å². The number of hydrogen-bond donors (Lipinski definition) is 1. The minimum absolute atomic E-state index is 0.242. The van der Waals surface area contributed by atoms with E-state index in [-0.39, 0.29) is 5.56 Å². The van der Waals surface area contributed by atoms with Crippen molar-refractivity contribution in [1.82, 2.24) is 9.55 Å². The lowest BCUT2D eigenvalue weighted by molar-refractivity contribution is 0.0699. The average Bonchev–Trinajstić information content (AvgIpc) is 2.44. The van der Waals surface area contributed by atoms with Crippen molar-refractivity contribution in [1.29, 1.82) is 0 Å². The van der Waals surface area contributed by atoms with E-state index in [0.717, 1.165) is 5.52 Å². The van der Waals surface area contributed by atoms with Gasteiger partial charge in [-0.3, -0.25) is 0 Å². The molecule has 0 atom stereocenters. The van der Waals surface area contributed by atoms with E-state index in [4.69, 9.17) is 16.7 Å². The average molecular weight is 211 g/mol. The van der Waals surface area contributed by atoms with Gasteiger partial charge in [0, 0.05) is 24.8 Å². The molecule has 5 heteroatoms. The molecule has 2 aromatic rings. The normalized spacial score (nSPS) is 10.7. The van der Waals surface area contributed by atoms with Gasteiger partial charge >= 0.3 is 5.97 Å². The van der Waals surface area contributed by atoms with E-state index >= 15 is 0 Å². The zero-order valence-electron chi connectivity index (χ0n) is 7.36. The maximum absolute atomic E-state index is 10.8. The fraction of sp³-hybridized carbons (Fsp3) is 0.111. The number of nitrogens with zero attached hydrogens (tertiary/aromatic N) is 2. The third-order valence-corrected chi connectivity index (χ3v) is 2.28. The highest BCUT2D eigenvalue weighted by Gasteiger charge is 2.12. The standard InChI is InChI=1S/C9H7ClN2O2/c1-12-4-6(9(13)14)5-3-11-8(10)2-7(5)12/h2-4H,1H3,(H,13,14). The number of carboxylic acids is 1. The zero-order chi connectivity index (χ0) is 10.3. The summed E-state index contributed by atoms with van der Waals surface area (Å²) in [5, 5.41) is 9.85. The van der Waals surface area contributed by atoms with Gasteiger partial charge in [-0.15, -0.1) is 0 Å². The summed E-state index contributed by atoms with van der Waals surface area (Å²) in [4.78, 5) is 14.7. The molecule has 0 aliphatic heterocycles. The lowest BCUT2D eigenvalue weighted by Gasteiger charge is -1.95. The maximum Gasteiger partial charge on any atom is 0.337 e. The Morgan fingerprint density at radius 2 is 2.36 bits per heavy atom. The van der Waals surface area contributed by atoms with E-state index < -0.39 is 5.97 Å². The predicted molar refractivity (Wildman–Crippen MR) is 52.7 cm³/mol. The molecule has 0 aromatic carbocycles. The number of aryl methyl sites for hydroxylation is 1. The molecule has 0 saturated heterocycles. The lowest BCUT2D eigenvalue weighted by Crippen LogP contribution is -1.94. The smallest absolute Gasteiger partial charge is 0.337 e. The Labute approximate surface area is 84.7 Å². The number of pyridine rings is 1. The largest absolute Gasteiger partial charge is 0.478 e. The summed E-state index contributed by atoms with van der Waals surface area (Å²) in [5.41, 5.74) is 1.01. The van der Waals surface area contributed by atoms with Crippen molar-refractivity contribution in [3.05, 3.63) is 29.2 Å². The predicted octanol–water partition coefficient (Wildman–Crippen LogP) is 1.92. The van der Waals surface area contributed by atoms with Gasteiger partial charge in [0.25, 0.3) is 0 Å². The van der Waals surface area contributed by atoms with Crippen LogP contribution in [0.2, 0.25) is 5.15 Å². The van der Waals surface area contributed by atoms with Gasteiger partial charge in [0.15, 0.2) is 0 Å². The Morgan fingerprint density at radius 3 is 3.00 bits per heavy atom. The number of carboxylic acid groups (broad SMARTS) is 1. The van der Waals surface area contributed by atoms with Gasteiger partial charge in [0.05, 0.1) is 11.1 Å². The second-order valence-electron chi connectivity index (χ2n) is 2.98. The van der Waals surface area contributed by atoms with E-state index in [1.807, 2.05) is 0 Å². The van der Waals surface area contributed by atoms with Crippen molar-refractivity contribution in [2.24, 2.45) is 7.05 Å². The van der Waals surface area contributed by atoms with Crippen LogP contribution >= 0.6 is 11.6 Å². The SMILES string of the molecule is Cn1cc(C(=O)O)c2cnc(Cl)cc21. The third-order valence-electron chi connectivity index (χ3n) is 2.07. The fourth-order valence-electron chi connectivity index (χ4n) is 1.42. The van der Waals surface area contributed by atoms with Crippen LogP contribution in [0.1, 0.15) is 10.4 Å². The highest BCUT2D eigenvalue weighted by Crippen LogP contribution is 2.21. The number of carbonyl (C=O) groups is 1. The first-order valence-corrected chi connectivity index (χ1v) is 4.31. The number of rotatable bonds is 1. The molecule has 0 aliphatic carbocycles. The molecule has 2 aromatic heterocycles. The number of fused-ring (bicyclic) bond motifs is 1. The van der Waals surface area contributed by atoms with Gasteiger partial charge in [-0.25, -0.2) is 9.78 Å². The highest BCUT2D eigenvalue weighted by atomic mass is 35.5. The molecule has 0 saturated carbocycles. The van der Waals surface area contributed by atoms with Crippen LogP contribution in [0, 0.1) is 0 Å². The summed E-state index contributed by atoms with van der Waals surface area (Å²) in [6.45, 7) is 0. The quantitative estimate of drug-likeness (QED) is 0.732. The maximum atomic E-state index is 10.8. The number of aromatic carboxylic acids is 1. The Morgan fingerprint density at radius 1 is 1.64 bits per heavy atom. The molecule has 0 aliphatic rings. The molecular weight excluding hydrogens is 204 g/mol. The summed E-state index contributed by atoms with van der Waals surface area (Å²) in [6.07, 6.45) is 3.02. The molecule has 0 radical (unpaired) electrons. The number of halogens is 1. The Bertz CT molecular complexity index is 519. The summed E-state index contributed by atoms with van der Waals surface area (Å²) in [5.74, 6) is -0.959. The fourth-order valence-corrected chi connectivity index (χ4v) is 1.57. The van der Waals surface area contributed by atoms with E-state index in [0.29, 0.717) is 10.5 Å². The zero-order valence-corrected chi connectivity index (χ0v) is 8.12. The van der Waals surface area contributed by atoms with Crippen LogP contribution in [-0.2, 0) is 7.05 Å². The van der Waals surface area contributed by atoms with Crippen molar-refractivity contribution < 1.29 is 9.90 Å². The van der Waals surface area contributed by atoms with Gasteiger partial charge in [-0.2, -0.15) is 0 Å². The molecule has 1 N–H and O–H groups in total. The first-order chi connectivity index (χ1) is 6.59. The van der Waals surface area contributed by atoms with E-state index in [2.05, 4.69) is 4.98 Å². The molecule has 2 heterocycles. The molecular formula is C9H7ClN2O2. The van der Waals surface area contributed by atoms with Crippen molar-refractivity contribution in [3.63, 3.8) is 0 Å². The Balaban J connectivity index is 2.84. The van der Waals surface area contributed by atoms with Crippen molar-refractivity contribution in [2.45, 2.75) is 0 Å². The minimum Gasteiger partial charge on any atom is -0.478 e. The van der Waals surface area contributed by atoms with Gasteiger partial charge in [-0.05, 0) is 6.07 Å². The summed E-state index contributed by atoms with van der Waals surface area (Å²) in [7, 11) is 1.77. The Kier molecular flexibility index (Phi) is 1.93. The summed E-state index contributed by atoms with van der Waals surface area (Å²) in [6, 6.07) is 1.64. The lowest BCUT2D eigenvalue weighted by atomic mass is 10.2. The second kappa shape index (κ2) is 2.99. The first-order valence-electron chi connectivity index (χ1n) is 3.93. The van der Waals surface area contributed by atoms with Crippen molar-refractivity contribution in [2.75, 3.05) is 0 Å². The van der Waals surface area contributed by atoms with Crippen LogP contribution in [0.25, 0.3) is 10.9 Å². The summed E-state index contributed by atoms with van der Waals surface area (Å²) < 4.78 is 1.71. The first kappa shape index (κ1) is 9.02. The second-order valence-corrected chi connectivity index (χ2v) is 3.37. The third kappa shape index (κ3) is 1.24. The Hall–Kier alpha value is -1.55. The van der Waals surface area contributed by atoms with Crippen molar-refractivity contribution >= 4 is 28.5 Å². The monoisotopic (exact) mass is 210 g/mol.